The van der Waals surface area contributed by atoms with Crippen molar-refractivity contribution in [3.8, 4) is 5.75 Å². The van der Waals surface area contributed by atoms with Crippen LogP contribution >= 0.6 is 23.2 Å². The average Bonchev–Trinajstić information content (AvgIpc) is 2.80. The topological polar surface area (TPSA) is 38.3 Å². The van der Waals surface area contributed by atoms with Crippen LogP contribution in [0.25, 0.3) is 11.6 Å². The van der Waals surface area contributed by atoms with Crippen LogP contribution in [0.4, 0.5) is 18.9 Å². The maximum atomic E-state index is 12.4. The number of rotatable bonds is 3. The lowest BCUT2D eigenvalue weighted by atomic mass is 10.0. The number of hydrogen-bond donors (Lipinski definition) is 1. The Labute approximate surface area is 151 Å². The van der Waals surface area contributed by atoms with Gasteiger partial charge in [0.05, 0.1) is 5.69 Å². The minimum Gasteiger partial charge on any atom is -0.483 e. The Hall–Kier alpha value is -2.18. The smallest absolute Gasteiger partial charge is 0.422 e. The molecular formula is C17H10Cl2F3NO2. The van der Waals surface area contributed by atoms with E-state index in [1.54, 1.807) is 18.2 Å². The summed E-state index contributed by atoms with van der Waals surface area (Å²) < 4.78 is 42.1. The number of anilines is 1. The summed E-state index contributed by atoms with van der Waals surface area (Å²) in [5.41, 5.74) is 1.68. The van der Waals surface area contributed by atoms with Gasteiger partial charge in [-0.15, -0.1) is 0 Å². The number of carbonyl (C=O) groups excluding carboxylic acids is 1. The Bertz CT molecular complexity index is 879. The van der Waals surface area contributed by atoms with Crippen molar-refractivity contribution in [1.29, 1.82) is 0 Å². The zero-order valence-corrected chi connectivity index (χ0v) is 14.0. The van der Waals surface area contributed by atoms with Crippen molar-refractivity contribution in [2.45, 2.75) is 6.18 Å². The maximum Gasteiger partial charge on any atom is 0.422 e. The number of benzene rings is 2. The van der Waals surface area contributed by atoms with Gasteiger partial charge in [0.2, 0.25) is 0 Å². The molecule has 0 saturated heterocycles. The van der Waals surface area contributed by atoms with Gasteiger partial charge in [-0.1, -0.05) is 29.3 Å². The van der Waals surface area contributed by atoms with Crippen molar-refractivity contribution in [2.24, 2.45) is 0 Å². The number of alkyl halides is 3. The van der Waals surface area contributed by atoms with Crippen LogP contribution in [0.5, 0.6) is 5.75 Å². The molecule has 3 rings (SSSR count). The lowest BCUT2D eigenvalue weighted by Gasteiger charge is -2.12. The lowest BCUT2D eigenvalue weighted by Crippen LogP contribution is -2.19. The summed E-state index contributed by atoms with van der Waals surface area (Å²) in [5, 5.41) is 3.42. The van der Waals surface area contributed by atoms with Gasteiger partial charge in [0.25, 0.3) is 5.91 Å². The quantitative estimate of drug-likeness (QED) is 0.713. The summed E-state index contributed by atoms with van der Waals surface area (Å²) in [7, 11) is 0. The van der Waals surface area contributed by atoms with Crippen molar-refractivity contribution in [3.63, 3.8) is 0 Å². The van der Waals surface area contributed by atoms with Gasteiger partial charge in [0.15, 0.2) is 6.61 Å². The molecule has 0 fully saturated rings. The molecule has 0 radical (unpaired) electrons. The van der Waals surface area contributed by atoms with Crippen molar-refractivity contribution < 1.29 is 22.7 Å². The molecule has 3 nitrogen and oxygen atoms in total. The van der Waals surface area contributed by atoms with Crippen molar-refractivity contribution in [2.75, 3.05) is 11.9 Å². The molecule has 0 atom stereocenters. The molecule has 130 valence electrons. The summed E-state index contributed by atoms with van der Waals surface area (Å²) in [6, 6.07) is 9.04. The van der Waals surface area contributed by atoms with E-state index in [9.17, 15) is 18.0 Å². The first kappa shape index (κ1) is 17.6. The Balaban J connectivity index is 2.01. The summed E-state index contributed by atoms with van der Waals surface area (Å²) >= 11 is 11.8. The SMILES string of the molecule is O=C1Nc2cc(Cl)ccc2/C1=C/c1cc(Cl)ccc1OCC(F)(F)F. The molecule has 8 heteroatoms. The highest BCUT2D eigenvalue weighted by Crippen LogP contribution is 2.36. The minimum absolute atomic E-state index is 0.0237. The largest absolute Gasteiger partial charge is 0.483 e. The highest BCUT2D eigenvalue weighted by Gasteiger charge is 2.29. The zero-order chi connectivity index (χ0) is 18.2. The van der Waals surface area contributed by atoms with Gasteiger partial charge in [0, 0.05) is 26.7 Å². The summed E-state index contributed by atoms with van der Waals surface area (Å²) in [5.74, 6) is -0.413. The van der Waals surface area contributed by atoms with E-state index in [1.807, 2.05) is 0 Å². The standard InChI is InChI=1S/C17H10Cl2F3NO2/c18-10-2-4-15(25-8-17(20,21)22)9(5-10)6-13-12-3-1-11(19)7-14(12)23-16(13)24/h1-7H,8H2,(H,23,24)/b13-6-. The Morgan fingerprint density at radius 2 is 1.76 bits per heavy atom. The summed E-state index contributed by atoms with van der Waals surface area (Å²) in [4.78, 5) is 12.2. The fraction of sp³-hybridized carbons (Fsp3) is 0.118. The molecule has 0 aromatic heterocycles. The number of halogens is 5. The molecule has 1 aliphatic rings. The van der Waals surface area contributed by atoms with Gasteiger partial charge < -0.3 is 10.1 Å². The first-order valence-corrected chi connectivity index (χ1v) is 7.80. The van der Waals surface area contributed by atoms with Crippen LogP contribution in [-0.4, -0.2) is 18.7 Å². The van der Waals surface area contributed by atoms with Gasteiger partial charge in [-0.3, -0.25) is 4.79 Å². The predicted octanol–water partition coefficient (Wildman–Crippen LogP) is 5.43. The van der Waals surface area contributed by atoms with Crippen LogP contribution in [0.2, 0.25) is 10.0 Å². The second-order valence-electron chi connectivity index (χ2n) is 5.29. The highest BCUT2D eigenvalue weighted by molar-refractivity contribution is 6.37. The number of ether oxygens (including phenoxy) is 1. The molecule has 1 N–H and O–H groups in total. The van der Waals surface area contributed by atoms with E-state index in [-0.39, 0.29) is 22.8 Å². The van der Waals surface area contributed by atoms with Gasteiger partial charge >= 0.3 is 6.18 Å². The van der Waals surface area contributed by atoms with Crippen LogP contribution in [0.3, 0.4) is 0 Å². The van der Waals surface area contributed by atoms with E-state index >= 15 is 0 Å². The molecule has 1 amide bonds. The molecule has 2 aromatic carbocycles. The van der Waals surface area contributed by atoms with Crippen molar-refractivity contribution >= 4 is 46.4 Å². The highest BCUT2D eigenvalue weighted by atomic mass is 35.5. The van der Waals surface area contributed by atoms with Crippen LogP contribution < -0.4 is 10.1 Å². The van der Waals surface area contributed by atoms with Crippen molar-refractivity contribution in [1.82, 2.24) is 0 Å². The average molecular weight is 388 g/mol. The van der Waals surface area contributed by atoms with E-state index in [4.69, 9.17) is 27.9 Å². The second kappa shape index (κ2) is 6.61. The second-order valence-corrected chi connectivity index (χ2v) is 6.16. The van der Waals surface area contributed by atoms with E-state index in [1.165, 1.54) is 24.3 Å². The number of fused-ring (bicyclic) bond motifs is 1. The first-order valence-electron chi connectivity index (χ1n) is 7.05. The fourth-order valence-corrected chi connectivity index (χ4v) is 2.74. The van der Waals surface area contributed by atoms with E-state index in [2.05, 4.69) is 5.32 Å². The monoisotopic (exact) mass is 387 g/mol. The predicted molar refractivity (Wildman–Crippen MR) is 91.0 cm³/mol. The molecular weight excluding hydrogens is 378 g/mol. The number of nitrogens with one attached hydrogen (secondary N) is 1. The fourth-order valence-electron chi connectivity index (χ4n) is 2.39. The first-order chi connectivity index (χ1) is 11.7. The van der Waals surface area contributed by atoms with Crippen LogP contribution in [-0.2, 0) is 4.79 Å². The van der Waals surface area contributed by atoms with Crippen molar-refractivity contribution in [3.05, 3.63) is 57.6 Å². The van der Waals surface area contributed by atoms with Gasteiger partial charge in [-0.25, -0.2) is 0 Å². The summed E-state index contributed by atoms with van der Waals surface area (Å²) in [6.45, 7) is -1.44. The normalized spacial score (nSPS) is 15.2. The van der Waals surface area contributed by atoms with Crippen LogP contribution in [0.15, 0.2) is 36.4 Å². The molecule has 1 heterocycles. The van der Waals surface area contributed by atoms with Crippen LogP contribution in [0.1, 0.15) is 11.1 Å². The van der Waals surface area contributed by atoms with E-state index in [0.29, 0.717) is 21.3 Å². The molecule has 0 saturated carbocycles. The molecule has 25 heavy (non-hydrogen) atoms. The molecule has 0 unspecified atom stereocenters. The van der Waals surface area contributed by atoms with E-state index in [0.717, 1.165) is 0 Å². The minimum atomic E-state index is -4.47. The molecule has 2 aromatic rings. The molecule has 1 aliphatic heterocycles. The number of hydrogen-bond acceptors (Lipinski definition) is 2. The lowest BCUT2D eigenvalue weighted by molar-refractivity contribution is -0.153. The molecule has 0 bridgehead atoms. The maximum absolute atomic E-state index is 12.4. The van der Waals surface area contributed by atoms with E-state index < -0.39 is 12.8 Å². The Morgan fingerprint density at radius 1 is 1.08 bits per heavy atom. The van der Waals surface area contributed by atoms with Crippen LogP contribution in [0, 0.1) is 0 Å². The van der Waals surface area contributed by atoms with Gasteiger partial charge in [-0.2, -0.15) is 13.2 Å². The third-order valence-corrected chi connectivity index (χ3v) is 3.90. The summed E-state index contributed by atoms with van der Waals surface area (Å²) in [6.07, 6.45) is -3.04. The molecule has 0 spiro atoms. The van der Waals surface area contributed by atoms with Gasteiger partial charge in [0.1, 0.15) is 5.75 Å². The zero-order valence-electron chi connectivity index (χ0n) is 12.5. The molecule has 0 aliphatic carbocycles. The third kappa shape index (κ3) is 4.08. The Kier molecular flexibility index (Phi) is 4.67. The number of carbonyl (C=O) groups is 1. The Morgan fingerprint density at radius 3 is 2.48 bits per heavy atom. The third-order valence-electron chi connectivity index (χ3n) is 3.43. The number of amides is 1. The van der Waals surface area contributed by atoms with Gasteiger partial charge in [-0.05, 0) is 36.4 Å².